The molecule has 1 aliphatic heterocycles. The van der Waals surface area contributed by atoms with Crippen LogP contribution < -0.4 is 5.32 Å². The van der Waals surface area contributed by atoms with Gasteiger partial charge in [-0.2, -0.15) is 0 Å². The minimum atomic E-state index is -0.994. The summed E-state index contributed by atoms with van der Waals surface area (Å²) in [6.45, 7) is 1.42. The summed E-state index contributed by atoms with van der Waals surface area (Å²) in [5.74, 6) is -1.69. The van der Waals surface area contributed by atoms with Crippen molar-refractivity contribution in [3.05, 3.63) is 29.8 Å². The highest BCUT2D eigenvalue weighted by Crippen LogP contribution is 2.36. The molecule has 2 atom stereocenters. The molecular weight excluding hydrogens is 194 g/mol. The Morgan fingerprint density at radius 1 is 1.33 bits per heavy atom. The lowest BCUT2D eigenvalue weighted by atomic mass is 9.92. The van der Waals surface area contributed by atoms with Gasteiger partial charge in [0.25, 0.3) is 0 Å². The van der Waals surface area contributed by atoms with Crippen molar-refractivity contribution in [1.82, 2.24) is 0 Å². The molecule has 15 heavy (non-hydrogen) atoms. The molecule has 1 aromatic rings. The fourth-order valence-corrected chi connectivity index (χ4v) is 1.99. The molecule has 0 spiro atoms. The van der Waals surface area contributed by atoms with Crippen LogP contribution in [0.4, 0.5) is 5.69 Å². The molecule has 0 fully saturated rings. The molecule has 0 radical (unpaired) electrons. The Hall–Kier alpha value is -1.84. The highest BCUT2D eigenvalue weighted by Gasteiger charge is 2.39. The smallest absolute Gasteiger partial charge is 0.327 e. The van der Waals surface area contributed by atoms with Crippen molar-refractivity contribution in [2.75, 3.05) is 5.32 Å². The Labute approximate surface area is 86.9 Å². The average Bonchev–Trinajstić information content (AvgIpc) is 2.56. The van der Waals surface area contributed by atoms with Gasteiger partial charge in [0.15, 0.2) is 0 Å². The van der Waals surface area contributed by atoms with E-state index in [-0.39, 0.29) is 5.78 Å². The summed E-state index contributed by atoms with van der Waals surface area (Å²) in [6, 6.07) is 6.36. The summed E-state index contributed by atoms with van der Waals surface area (Å²) in [6.07, 6.45) is 0. The number of Topliss-reactive ketones (excluding diaryl/α,β-unsaturated/α-hetero) is 1. The third-order valence-electron chi connectivity index (χ3n) is 2.64. The number of carbonyl (C=O) groups is 2. The second-order valence-corrected chi connectivity index (χ2v) is 3.64. The van der Waals surface area contributed by atoms with Gasteiger partial charge in [-0.3, -0.25) is 4.79 Å². The van der Waals surface area contributed by atoms with Crippen molar-refractivity contribution in [3.8, 4) is 0 Å². The van der Waals surface area contributed by atoms with Crippen LogP contribution in [0.15, 0.2) is 24.3 Å². The maximum absolute atomic E-state index is 11.4. The topological polar surface area (TPSA) is 66.4 Å². The van der Waals surface area contributed by atoms with Gasteiger partial charge in [-0.15, -0.1) is 0 Å². The van der Waals surface area contributed by atoms with Crippen LogP contribution in [-0.2, 0) is 9.59 Å². The van der Waals surface area contributed by atoms with Gasteiger partial charge >= 0.3 is 5.97 Å². The Bertz CT molecular complexity index is 428. The number of aliphatic carboxylic acids is 1. The molecule has 0 saturated heterocycles. The number of hydrogen-bond acceptors (Lipinski definition) is 3. The van der Waals surface area contributed by atoms with Crippen molar-refractivity contribution in [1.29, 1.82) is 0 Å². The minimum Gasteiger partial charge on any atom is -0.480 e. The molecule has 1 aromatic carbocycles. The first-order chi connectivity index (χ1) is 7.11. The number of carboxylic acid groups (broad SMARTS) is 1. The van der Waals surface area contributed by atoms with E-state index in [1.54, 1.807) is 18.2 Å². The zero-order valence-corrected chi connectivity index (χ0v) is 8.23. The molecule has 78 valence electrons. The third-order valence-corrected chi connectivity index (χ3v) is 2.64. The van der Waals surface area contributed by atoms with Crippen molar-refractivity contribution in [2.45, 2.75) is 18.9 Å². The molecule has 0 saturated carbocycles. The second-order valence-electron chi connectivity index (χ2n) is 3.64. The fraction of sp³-hybridized carbons (Fsp3) is 0.273. The first kappa shape index (κ1) is 9.71. The molecule has 0 aromatic heterocycles. The van der Waals surface area contributed by atoms with Crippen molar-refractivity contribution in [3.63, 3.8) is 0 Å². The zero-order chi connectivity index (χ0) is 11.0. The minimum absolute atomic E-state index is 0.125. The predicted molar refractivity (Wildman–Crippen MR) is 54.9 cm³/mol. The van der Waals surface area contributed by atoms with Gasteiger partial charge in [0.1, 0.15) is 11.8 Å². The third kappa shape index (κ3) is 1.48. The Kier molecular flexibility index (Phi) is 2.19. The van der Waals surface area contributed by atoms with E-state index in [4.69, 9.17) is 5.11 Å². The van der Waals surface area contributed by atoms with E-state index < -0.39 is 17.9 Å². The SMILES string of the molecule is CC(=O)C1c2ccccc2NC1C(=O)O. The standard InChI is InChI=1S/C11H11NO3/c1-6(13)9-7-4-2-3-5-8(7)12-10(9)11(14)15/h2-5,9-10,12H,1H3,(H,14,15). The van der Waals surface area contributed by atoms with Gasteiger partial charge in [0, 0.05) is 5.69 Å². The van der Waals surface area contributed by atoms with Crippen LogP contribution in [0.3, 0.4) is 0 Å². The van der Waals surface area contributed by atoms with E-state index in [1.165, 1.54) is 6.92 Å². The van der Waals surface area contributed by atoms with E-state index in [2.05, 4.69) is 5.32 Å². The molecular formula is C11H11NO3. The summed E-state index contributed by atoms with van der Waals surface area (Å²) >= 11 is 0. The van der Waals surface area contributed by atoms with E-state index in [0.717, 1.165) is 11.3 Å². The highest BCUT2D eigenvalue weighted by molar-refractivity contribution is 5.96. The molecule has 0 aliphatic carbocycles. The number of fused-ring (bicyclic) bond motifs is 1. The Morgan fingerprint density at radius 3 is 2.60 bits per heavy atom. The molecule has 2 N–H and O–H groups in total. The molecule has 1 heterocycles. The highest BCUT2D eigenvalue weighted by atomic mass is 16.4. The first-order valence-corrected chi connectivity index (χ1v) is 4.70. The van der Waals surface area contributed by atoms with Crippen LogP contribution in [0.25, 0.3) is 0 Å². The molecule has 2 rings (SSSR count). The number of rotatable bonds is 2. The summed E-state index contributed by atoms with van der Waals surface area (Å²) in [5.41, 5.74) is 1.52. The Morgan fingerprint density at radius 2 is 2.00 bits per heavy atom. The normalized spacial score (nSPS) is 23.0. The largest absolute Gasteiger partial charge is 0.480 e. The van der Waals surface area contributed by atoms with E-state index in [0.29, 0.717) is 0 Å². The maximum atomic E-state index is 11.4. The lowest BCUT2D eigenvalue weighted by Gasteiger charge is -2.12. The van der Waals surface area contributed by atoms with Crippen LogP contribution in [0.2, 0.25) is 0 Å². The molecule has 1 aliphatic rings. The van der Waals surface area contributed by atoms with Gasteiger partial charge in [0.05, 0.1) is 5.92 Å². The summed E-state index contributed by atoms with van der Waals surface area (Å²) in [5, 5.41) is 11.8. The van der Waals surface area contributed by atoms with Gasteiger partial charge in [-0.05, 0) is 18.6 Å². The van der Waals surface area contributed by atoms with Crippen molar-refractivity contribution in [2.24, 2.45) is 0 Å². The van der Waals surface area contributed by atoms with E-state index in [1.807, 2.05) is 6.07 Å². The van der Waals surface area contributed by atoms with Crippen molar-refractivity contribution >= 4 is 17.4 Å². The summed E-state index contributed by atoms with van der Waals surface area (Å²) in [7, 11) is 0. The molecule has 4 heteroatoms. The van der Waals surface area contributed by atoms with E-state index in [9.17, 15) is 9.59 Å². The first-order valence-electron chi connectivity index (χ1n) is 4.70. The van der Waals surface area contributed by atoms with Gasteiger partial charge in [0.2, 0.25) is 0 Å². The molecule has 4 nitrogen and oxygen atoms in total. The predicted octanol–water partition coefficient (Wildman–Crippen LogP) is 1.24. The average molecular weight is 205 g/mol. The molecule has 0 amide bonds. The number of carboxylic acids is 1. The lowest BCUT2D eigenvalue weighted by molar-refractivity contribution is -0.139. The number of nitrogens with one attached hydrogen (secondary N) is 1. The number of para-hydroxylation sites is 1. The monoisotopic (exact) mass is 205 g/mol. The molecule has 0 bridgehead atoms. The Balaban J connectivity index is 2.46. The second kappa shape index (κ2) is 3.38. The zero-order valence-electron chi connectivity index (χ0n) is 8.23. The maximum Gasteiger partial charge on any atom is 0.327 e. The van der Waals surface area contributed by atoms with Crippen molar-refractivity contribution < 1.29 is 14.7 Å². The lowest BCUT2D eigenvalue weighted by Crippen LogP contribution is -2.33. The number of ketones is 1. The van der Waals surface area contributed by atoms with Crippen LogP contribution in [0.5, 0.6) is 0 Å². The number of hydrogen-bond donors (Lipinski definition) is 2. The van der Waals surface area contributed by atoms with Crippen LogP contribution in [0.1, 0.15) is 18.4 Å². The van der Waals surface area contributed by atoms with E-state index >= 15 is 0 Å². The number of benzene rings is 1. The van der Waals surface area contributed by atoms with Crippen LogP contribution in [-0.4, -0.2) is 22.9 Å². The van der Waals surface area contributed by atoms with Gasteiger partial charge in [-0.1, -0.05) is 18.2 Å². The fourth-order valence-electron chi connectivity index (χ4n) is 1.99. The van der Waals surface area contributed by atoms with Gasteiger partial charge in [-0.25, -0.2) is 4.79 Å². The quantitative estimate of drug-likeness (QED) is 0.762. The summed E-state index contributed by atoms with van der Waals surface area (Å²) in [4.78, 5) is 22.4. The molecule has 2 unspecified atom stereocenters. The van der Waals surface area contributed by atoms with Crippen LogP contribution >= 0.6 is 0 Å². The van der Waals surface area contributed by atoms with Crippen LogP contribution in [0, 0.1) is 0 Å². The number of carbonyl (C=O) groups excluding carboxylic acids is 1. The summed E-state index contributed by atoms with van der Waals surface area (Å²) < 4.78 is 0. The van der Waals surface area contributed by atoms with Gasteiger partial charge < -0.3 is 10.4 Å². The number of anilines is 1.